The number of hydrogen-bond donors (Lipinski definition) is 1. The summed E-state index contributed by atoms with van der Waals surface area (Å²) in [5.41, 5.74) is 1.75. The van der Waals surface area contributed by atoms with Crippen molar-refractivity contribution < 1.29 is 18.7 Å². The Morgan fingerprint density at radius 3 is 2.74 bits per heavy atom. The summed E-state index contributed by atoms with van der Waals surface area (Å²) in [5, 5.41) is 2.61. The molecule has 1 fully saturated rings. The molecule has 1 N–H and O–H groups in total. The molecule has 0 bridgehead atoms. The molecule has 3 rings (SSSR count). The Morgan fingerprint density at radius 1 is 1.33 bits per heavy atom. The van der Waals surface area contributed by atoms with Gasteiger partial charge in [0.1, 0.15) is 11.9 Å². The normalized spacial score (nSPS) is 17.0. The molecule has 0 aliphatic carbocycles. The average Bonchev–Trinajstić information content (AvgIpc) is 3.03. The van der Waals surface area contributed by atoms with E-state index in [1.54, 1.807) is 18.2 Å². The summed E-state index contributed by atoms with van der Waals surface area (Å²) < 4.78 is 20.5. The molecule has 1 aliphatic rings. The molecule has 2 aromatic carbocycles. The number of rotatable bonds is 5. The number of benzene rings is 2. The van der Waals surface area contributed by atoms with Gasteiger partial charge in [-0.2, -0.15) is 0 Å². The standard InChI is InChI=1S/C20H18BrFN2O3/c1-13(25)23-11-17-12-24(20(26)27-17)16-8-7-15(19(22)10-16)9-18(21)14-5-3-2-4-6-14/h2-10,17H,11-12H2,1H3,(H,23,25)/t17-/m0/s1. The van der Waals surface area contributed by atoms with Crippen LogP contribution in [0, 0.1) is 5.82 Å². The highest BCUT2D eigenvalue weighted by Crippen LogP contribution is 2.28. The maximum absolute atomic E-state index is 14.6. The maximum Gasteiger partial charge on any atom is 0.414 e. The second-order valence-electron chi connectivity index (χ2n) is 6.12. The summed E-state index contributed by atoms with van der Waals surface area (Å²) >= 11 is 3.46. The Hall–Kier alpha value is -2.67. The first-order chi connectivity index (χ1) is 12.9. The number of amides is 2. The van der Waals surface area contributed by atoms with Crippen LogP contribution in [0.5, 0.6) is 0 Å². The molecule has 1 saturated heterocycles. The summed E-state index contributed by atoms with van der Waals surface area (Å²) in [6, 6.07) is 14.1. The second-order valence-corrected chi connectivity index (χ2v) is 6.97. The van der Waals surface area contributed by atoms with Crippen LogP contribution in [0.15, 0.2) is 48.5 Å². The topological polar surface area (TPSA) is 58.6 Å². The molecule has 2 aromatic rings. The SMILES string of the molecule is CC(=O)NC[C@H]1CN(c2ccc(C=C(Br)c3ccccc3)c(F)c2)C(=O)O1. The molecule has 27 heavy (non-hydrogen) atoms. The number of nitrogens with zero attached hydrogens (tertiary/aromatic N) is 1. The monoisotopic (exact) mass is 432 g/mol. The third kappa shape index (κ3) is 4.74. The van der Waals surface area contributed by atoms with Crippen LogP contribution >= 0.6 is 15.9 Å². The third-order valence-electron chi connectivity index (χ3n) is 4.08. The number of nitrogens with one attached hydrogen (secondary N) is 1. The Balaban J connectivity index is 1.75. The Kier molecular flexibility index (Phi) is 5.91. The van der Waals surface area contributed by atoms with Gasteiger partial charge < -0.3 is 10.1 Å². The van der Waals surface area contributed by atoms with Gasteiger partial charge in [-0.05, 0) is 29.8 Å². The number of cyclic esters (lactones) is 1. The van der Waals surface area contributed by atoms with E-state index in [9.17, 15) is 14.0 Å². The largest absolute Gasteiger partial charge is 0.442 e. The fraction of sp³-hybridized carbons (Fsp3) is 0.200. The summed E-state index contributed by atoms with van der Waals surface area (Å²) in [6.07, 6.45) is 0.672. The number of hydrogen-bond acceptors (Lipinski definition) is 3. The van der Waals surface area contributed by atoms with Crippen LogP contribution in [0.2, 0.25) is 0 Å². The van der Waals surface area contributed by atoms with Crippen LogP contribution in [-0.2, 0) is 9.53 Å². The van der Waals surface area contributed by atoms with Gasteiger partial charge in [-0.25, -0.2) is 9.18 Å². The Bertz CT molecular complexity index is 886. The van der Waals surface area contributed by atoms with Crippen molar-refractivity contribution >= 4 is 44.2 Å². The molecule has 0 radical (unpaired) electrons. The highest BCUT2D eigenvalue weighted by atomic mass is 79.9. The van der Waals surface area contributed by atoms with E-state index in [0.717, 1.165) is 10.0 Å². The molecule has 1 heterocycles. The van der Waals surface area contributed by atoms with Crippen LogP contribution < -0.4 is 10.2 Å². The number of halogens is 2. The highest BCUT2D eigenvalue weighted by Gasteiger charge is 2.32. The van der Waals surface area contributed by atoms with Crippen molar-refractivity contribution in [1.29, 1.82) is 0 Å². The maximum atomic E-state index is 14.6. The van der Waals surface area contributed by atoms with E-state index in [1.165, 1.54) is 17.9 Å². The molecule has 1 aliphatic heterocycles. The van der Waals surface area contributed by atoms with E-state index in [0.29, 0.717) is 11.3 Å². The molecular weight excluding hydrogens is 415 g/mol. The molecule has 140 valence electrons. The first-order valence-corrected chi connectivity index (χ1v) is 9.18. The number of carbonyl (C=O) groups excluding carboxylic acids is 2. The number of ether oxygens (including phenoxy) is 1. The Morgan fingerprint density at radius 2 is 2.07 bits per heavy atom. The minimum atomic E-state index is -0.557. The summed E-state index contributed by atoms with van der Waals surface area (Å²) in [6.45, 7) is 1.87. The van der Waals surface area contributed by atoms with E-state index in [4.69, 9.17) is 4.74 Å². The van der Waals surface area contributed by atoms with E-state index < -0.39 is 18.0 Å². The van der Waals surface area contributed by atoms with Crippen molar-refractivity contribution in [1.82, 2.24) is 5.32 Å². The zero-order valence-electron chi connectivity index (χ0n) is 14.6. The van der Waals surface area contributed by atoms with Crippen LogP contribution in [-0.4, -0.2) is 31.2 Å². The zero-order valence-corrected chi connectivity index (χ0v) is 16.2. The van der Waals surface area contributed by atoms with Crippen molar-refractivity contribution in [3.63, 3.8) is 0 Å². The predicted octanol–water partition coefficient (Wildman–Crippen LogP) is 4.18. The van der Waals surface area contributed by atoms with Gasteiger partial charge in [-0.3, -0.25) is 9.69 Å². The van der Waals surface area contributed by atoms with E-state index >= 15 is 0 Å². The van der Waals surface area contributed by atoms with Crippen molar-refractivity contribution in [2.45, 2.75) is 13.0 Å². The molecule has 1 atom stereocenters. The van der Waals surface area contributed by atoms with Crippen molar-refractivity contribution in [2.24, 2.45) is 0 Å². The van der Waals surface area contributed by atoms with E-state index in [1.807, 2.05) is 30.3 Å². The lowest BCUT2D eigenvalue weighted by Gasteiger charge is -2.14. The number of anilines is 1. The molecule has 0 spiro atoms. The lowest BCUT2D eigenvalue weighted by Crippen LogP contribution is -2.33. The van der Waals surface area contributed by atoms with Gasteiger partial charge in [0.2, 0.25) is 5.91 Å². The third-order valence-corrected chi connectivity index (χ3v) is 4.77. The van der Waals surface area contributed by atoms with E-state index in [-0.39, 0.29) is 19.0 Å². The first-order valence-electron chi connectivity index (χ1n) is 8.39. The molecule has 0 saturated carbocycles. The van der Waals surface area contributed by atoms with Gasteiger partial charge in [0.05, 0.1) is 18.8 Å². The highest BCUT2D eigenvalue weighted by molar-refractivity contribution is 9.15. The Labute approximate surface area is 164 Å². The molecule has 0 aromatic heterocycles. The molecular formula is C20H18BrFN2O3. The van der Waals surface area contributed by atoms with Crippen molar-refractivity contribution in [3.05, 3.63) is 65.5 Å². The first kappa shape index (κ1) is 19.1. The quantitative estimate of drug-likeness (QED) is 0.720. The fourth-order valence-corrected chi connectivity index (χ4v) is 3.23. The minimum absolute atomic E-state index is 0.198. The lowest BCUT2D eigenvalue weighted by molar-refractivity contribution is -0.119. The second kappa shape index (κ2) is 8.35. The van der Waals surface area contributed by atoms with Crippen molar-refractivity contribution in [2.75, 3.05) is 18.0 Å². The van der Waals surface area contributed by atoms with E-state index in [2.05, 4.69) is 21.2 Å². The van der Waals surface area contributed by atoms with Crippen LogP contribution in [0.1, 0.15) is 18.1 Å². The summed E-state index contributed by atoms with van der Waals surface area (Å²) in [4.78, 5) is 24.4. The predicted molar refractivity (Wildman–Crippen MR) is 106 cm³/mol. The minimum Gasteiger partial charge on any atom is -0.442 e. The van der Waals surface area contributed by atoms with Crippen LogP contribution in [0.4, 0.5) is 14.9 Å². The number of carbonyl (C=O) groups is 2. The van der Waals surface area contributed by atoms with Gasteiger partial charge in [0.25, 0.3) is 0 Å². The molecule has 5 nitrogen and oxygen atoms in total. The summed E-state index contributed by atoms with van der Waals surface area (Å²) in [7, 11) is 0. The molecule has 0 unspecified atom stereocenters. The van der Waals surface area contributed by atoms with Gasteiger partial charge in [-0.15, -0.1) is 0 Å². The smallest absolute Gasteiger partial charge is 0.414 e. The molecule has 7 heteroatoms. The van der Waals surface area contributed by atoms with Gasteiger partial charge in [0.15, 0.2) is 0 Å². The summed E-state index contributed by atoms with van der Waals surface area (Å²) in [5.74, 6) is -0.644. The van der Waals surface area contributed by atoms with Gasteiger partial charge in [-0.1, -0.05) is 46.3 Å². The van der Waals surface area contributed by atoms with Crippen molar-refractivity contribution in [3.8, 4) is 0 Å². The zero-order chi connectivity index (χ0) is 19.4. The fourth-order valence-electron chi connectivity index (χ4n) is 2.71. The van der Waals surface area contributed by atoms with Gasteiger partial charge >= 0.3 is 6.09 Å². The lowest BCUT2D eigenvalue weighted by atomic mass is 10.1. The van der Waals surface area contributed by atoms with Crippen LogP contribution in [0.25, 0.3) is 10.6 Å². The molecule has 2 amide bonds. The van der Waals surface area contributed by atoms with Gasteiger partial charge in [0, 0.05) is 17.0 Å². The average molecular weight is 433 g/mol. The van der Waals surface area contributed by atoms with Crippen LogP contribution in [0.3, 0.4) is 0 Å².